The SMILES string of the molecule is CCCCCCC/C=C\C/C=C\C/C=C\CCCCCCCCCCCCCCCCCCCCCCCCC(=O)NC(COC1OC(CO)C(OC2OC(CO)C(OC3OC(CO)C(O)C(O)C3O)C(O)C2O)C(O)C1O)C(O)/C=C/CCCCCCCCCCCCCCCCCCCCCCCCCCCC. The van der Waals surface area contributed by atoms with Crippen LogP contribution in [0.1, 0.15) is 393 Å². The largest absolute Gasteiger partial charge is 0.394 e. The summed E-state index contributed by atoms with van der Waals surface area (Å²) in [4.78, 5) is 13.5. The lowest BCUT2D eigenvalue weighted by Gasteiger charge is -2.48. The maximum Gasteiger partial charge on any atom is 0.220 e. The number of rotatable bonds is 75. The number of aliphatic hydroxyl groups is 11. The van der Waals surface area contributed by atoms with Gasteiger partial charge >= 0.3 is 0 Å². The summed E-state index contributed by atoms with van der Waals surface area (Å²) < 4.78 is 34.5. The molecular formula is C91H169NO18. The van der Waals surface area contributed by atoms with Crippen molar-refractivity contribution in [2.75, 3.05) is 26.4 Å². The van der Waals surface area contributed by atoms with Crippen LogP contribution in [0.5, 0.6) is 0 Å². The normalized spacial score (nSPS) is 25.3. The molecule has 0 aliphatic carbocycles. The molecular weight excluding hydrogens is 1390 g/mol. The number of nitrogens with one attached hydrogen (secondary N) is 1. The van der Waals surface area contributed by atoms with Crippen LogP contribution in [0, 0.1) is 0 Å². The number of allylic oxidation sites excluding steroid dienone is 7. The van der Waals surface area contributed by atoms with E-state index in [1.54, 1.807) is 6.08 Å². The Kier molecular flexibility index (Phi) is 65.7. The molecule has 19 nitrogen and oxygen atoms in total. The predicted molar refractivity (Wildman–Crippen MR) is 443 cm³/mol. The third-order valence-corrected chi connectivity index (χ3v) is 22.9. The van der Waals surface area contributed by atoms with Gasteiger partial charge in [-0.2, -0.15) is 0 Å². The van der Waals surface area contributed by atoms with E-state index in [-0.39, 0.29) is 18.9 Å². The summed E-state index contributed by atoms with van der Waals surface area (Å²) in [6.07, 6.45) is 65.5. The molecule has 646 valence electrons. The van der Waals surface area contributed by atoms with Gasteiger partial charge in [0.2, 0.25) is 5.91 Å². The van der Waals surface area contributed by atoms with Crippen molar-refractivity contribution in [3.63, 3.8) is 0 Å². The molecule has 0 bridgehead atoms. The van der Waals surface area contributed by atoms with Gasteiger partial charge in [0.25, 0.3) is 0 Å². The van der Waals surface area contributed by atoms with Crippen LogP contribution in [0.4, 0.5) is 0 Å². The molecule has 0 spiro atoms. The summed E-state index contributed by atoms with van der Waals surface area (Å²) in [7, 11) is 0. The highest BCUT2D eigenvalue weighted by molar-refractivity contribution is 5.76. The number of carbonyl (C=O) groups excluding carboxylic acids is 1. The third-order valence-electron chi connectivity index (χ3n) is 22.9. The summed E-state index contributed by atoms with van der Waals surface area (Å²) in [5, 5.41) is 121. The number of ether oxygens (including phenoxy) is 6. The zero-order valence-corrected chi connectivity index (χ0v) is 69.8. The Morgan fingerprint density at radius 3 is 0.936 bits per heavy atom. The minimum Gasteiger partial charge on any atom is -0.394 e. The van der Waals surface area contributed by atoms with Crippen LogP contribution in [-0.2, 0) is 33.2 Å². The van der Waals surface area contributed by atoms with Gasteiger partial charge in [-0.3, -0.25) is 4.79 Å². The van der Waals surface area contributed by atoms with E-state index in [1.807, 2.05) is 6.08 Å². The molecule has 0 aromatic carbocycles. The Morgan fingerprint density at radius 2 is 0.600 bits per heavy atom. The highest BCUT2D eigenvalue weighted by Crippen LogP contribution is 2.34. The Balaban J connectivity index is 1.31. The fourth-order valence-electron chi connectivity index (χ4n) is 15.6. The van der Waals surface area contributed by atoms with Gasteiger partial charge in [0.05, 0.1) is 38.6 Å². The zero-order valence-electron chi connectivity index (χ0n) is 69.8. The van der Waals surface area contributed by atoms with Crippen LogP contribution in [0.25, 0.3) is 0 Å². The molecule has 3 aliphatic heterocycles. The molecule has 12 N–H and O–H groups in total. The maximum absolute atomic E-state index is 13.5. The van der Waals surface area contributed by atoms with Crippen molar-refractivity contribution in [2.24, 2.45) is 0 Å². The standard InChI is InChI=1S/C91H169NO18/c1-3-5-7-9-11-13-15-17-19-21-23-25-27-29-31-33-34-35-36-37-38-39-40-41-43-45-47-49-51-53-55-57-59-61-63-65-67-69-79(97)92-74(75(96)68-66-64-62-60-58-56-54-52-50-48-46-44-42-32-30-28-26-24-22-20-18-16-14-12-10-8-6-4-2)73-105-89-85(103)82(100)87(77(71-94)107-89)110-91-86(104)83(101)88(78(72-95)108-91)109-90-84(102)81(99)80(98)76(70-93)106-90/h15,17,21,23,27,29,66,68,74-78,80-91,93-96,98-104H,3-14,16,18-20,22,24-26,28,30-65,67,69-73H2,1-2H3,(H,92,97)/b17-15-,23-21-,29-27-,68-66+. The fraction of sp³-hybridized carbons (Fsp3) is 0.901. The molecule has 3 heterocycles. The van der Waals surface area contributed by atoms with Crippen molar-refractivity contribution in [1.82, 2.24) is 5.32 Å². The van der Waals surface area contributed by atoms with Gasteiger partial charge in [0, 0.05) is 6.42 Å². The highest BCUT2D eigenvalue weighted by atomic mass is 16.8. The van der Waals surface area contributed by atoms with Crippen molar-refractivity contribution in [1.29, 1.82) is 0 Å². The van der Waals surface area contributed by atoms with E-state index in [9.17, 15) is 61.0 Å². The smallest absolute Gasteiger partial charge is 0.220 e. The van der Waals surface area contributed by atoms with Crippen LogP contribution in [0.2, 0.25) is 0 Å². The molecule has 0 radical (unpaired) electrons. The van der Waals surface area contributed by atoms with E-state index >= 15 is 0 Å². The molecule has 0 aromatic heterocycles. The van der Waals surface area contributed by atoms with Gasteiger partial charge in [-0.05, 0) is 57.8 Å². The van der Waals surface area contributed by atoms with Crippen LogP contribution < -0.4 is 5.32 Å². The van der Waals surface area contributed by atoms with Gasteiger partial charge in [-0.1, -0.05) is 377 Å². The monoisotopic (exact) mass is 1560 g/mol. The molecule has 3 aliphatic rings. The molecule has 17 atom stereocenters. The summed E-state index contributed by atoms with van der Waals surface area (Å²) in [5.74, 6) is -0.268. The first-order valence-electron chi connectivity index (χ1n) is 45.9. The van der Waals surface area contributed by atoms with Crippen LogP contribution >= 0.6 is 0 Å². The van der Waals surface area contributed by atoms with Crippen molar-refractivity contribution >= 4 is 5.91 Å². The number of hydrogen-bond acceptors (Lipinski definition) is 18. The second-order valence-electron chi connectivity index (χ2n) is 32.8. The van der Waals surface area contributed by atoms with E-state index in [4.69, 9.17) is 28.4 Å². The highest BCUT2D eigenvalue weighted by Gasteiger charge is 2.54. The van der Waals surface area contributed by atoms with E-state index in [0.29, 0.717) is 6.42 Å². The molecule has 17 unspecified atom stereocenters. The fourth-order valence-corrected chi connectivity index (χ4v) is 15.6. The van der Waals surface area contributed by atoms with Gasteiger partial charge in [-0.25, -0.2) is 0 Å². The van der Waals surface area contributed by atoms with Gasteiger partial charge < -0.3 is 89.9 Å². The van der Waals surface area contributed by atoms with Crippen molar-refractivity contribution in [3.8, 4) is 0 Å². The van der Waals surface area contributed by atoms with E-state index < -0.39 is 124 Å². The maximum atomic E-state index is 13.5. The van der Waals surface area contributed by atoms with Crippen LogP contribution in [0.3, 0.4) is 0 Å². The predicted octanol–water partition coefficient (Wildman–Crippen LogP) is 17.6. The Morgan fingerprint density at radius 1 is 0.327 bits per heavy atom. The lowest BCUT2D eigenvalue weighted by atomic mass is 9.96. The Labute approximate surface area is 669 Å². The molecule has 110 heavy (non-hydrogen) atoms. The molecule has 0 saturated carbocycles. The first kappa shape index (κ1) is 102. The second-order valence-corrected chi connectivity index (χ2v) is 32.8. The molecule has 0 aromatic rings. The second kappa shape index (κ2) is 70.9. The first-order valence-corrected chi connectivity index (χ1v) is 45.9. The third kappa shape index (κ3) is 49.1. The lowest BCUT2D eigenvalue weighted by molar-refractivity contribution is -0.379. The van der Waals surface area contributed by atoms with Gasteiger partial charge in [-0.15, -0.1) is 0 Å². The minimum atomic E-state index is -1.98. The summed E-state index contributed by atoms with van der Waals surface area (Å²) in [6.45, 7) is 1.79. The number of carbonyl (C=O) groups is 1. The average Bonchev–Trinajstić information content (AvgIpc) is 0.784. The Bertz CT molecular complexity index is 2170. The van der Waals surface area contributed by atoms with Crippen LogP contribution in [0.15, 0.2) is 48.6 Å². The minimum absolute atomic E-state index is 0.247. The van der Waals surface area contributed by atoms with E-state index in [0.717, 1.165) is 57.8 Å². The molecule has 1 amide bonds. The van der Waals surface area contributed by atoms with E-state index in [2.05, 4.69) is 55.6 Å². The van der Waals surface area contributed by atoms with Gasteiger partial charge in [0.1, 0.15) is 73.2 Å². The molecule has 3 fully saturated rings. The Hall–Kier alpha value is -2.25. The number of aliphatic hydroxyl groups excluding tert-OH is 11. The van der Waals surface area contributed by atoms with Crippen LogP contribution in [-0.4, -0.2) is 193 Å². The first-order chi connectivity index (χ1) is 53.8. The topological polar surface area (TPSA) is 307 Å². The molecule has 3 saturated heterocycles. The van der Waals surface area contributed by atoms with Crippen molar-refractivity contribution in [2.45, 2.75) is 497 Å². The van der Waals surface area contributed by atoms with Gasteiger partial charge in [0.15, 0.2) is 18.9 Å². The van der Waals surface area contributed by atoms with Crippen molar-refractivity contribution in [3.05, 3.63) is 48.6 Å². The quantitative estimate of drug-likeness (QED) is 0.0199. The summed E-state index contributed by atoms with van der Waals surface area (Å²) in [5.41, 5.74) is 0. The lowest BCUT2D eigenvalue weighted by Crippen LogP contribution is -2.66. The number of amides is 1. The molecule has 3 rings (SSSR count). The zero-order chi connectivity index (χ0) is 79.5. The number of hydrogen-bond donors (Lipinski definition) is 12. The average molecular weight is 1570 g/mol. The van der Waals surface area contributed by atoms with E-state index in [1.165, 1.54) is 308 Å². The summed E-state index contributed by atoms with van der Waals surface area (Å²) in [6, 6.07) is -0.975. The summed E-state index contributed by atoms with van der Waals surface area (Å²) >= 11 is 0. The molecule has 19 heteroatoms. The number of unbranched alkanes of at least 4 members (excludes halogenated alkanes) is 53. The van der Waals surface area contributed by atoms with Crippen molar-refractivity contribution < 1.29 is 89.4 Å².